The number of halogens is 1. The van der Waals surface area contributed by atoms with E-state index in [0.717, 1.165) is 58.8 Å². The molecule has 1 aliphatic rings. The van der Waals surface area contributed by atoms with E-state index >= 15 is 0 Å². The number of benzene rings is 3. The van der Waals surface area contributed by atoms with E-state index in [1.54, 1.807) is 0 Å². The molecule has 0 aromatic heterocycles. The van der Waals surface area contributed by atoms with Gasteiger partial charge in [-0.1, -0.05) is 52.3 Å². The molecule has 1 heterocycles. The zero-order chi connectivity index (χ0) is 20.2. The number of carbonyl (C=O) groups is 1. The molecule has 4 rings (SSSR count). The lowest BCUT2D eigenvalue weighted by Gasteiger charge is -2.41. The summed E-state index contributed by atoms with van der Waals surface area (Å²) in [5.41, 5.74) is 2.82. The van der Waals surface area contributed by atoms with Gasteiger partial charge in [0, 0.05) is 34.8 Å². The second kappa shape index (κ2) is 8.67. The van der Waals surface area contributed by atoms with Crippen LogP contribution in [0.4, 0.5) is 5.69 Å². The third-order valence-electron chi connectivity index (χ3n) is 5.41. The van der Waals surface area contributed by atoms with Crippen LogP contribution in [-0.2, 0) is 11.2 Å². The Bertz CT molecular complexity index is 1070. The minimum atomic E-state index is 0.140. The summed E-state index contributed by atoms with van der Waals surface area (Å²) in [5, 5.41) is 15.4. The van der Waals surface area contributed by atoms with Crippen LogP contribution >= 0.6 is 15.9 Å². The molecule has 0 bridgehead atoms. The Labute approximate surface area is 179 Å². The maximum atomic E-state index is 13.1. The molecule has 0 unspecified atom stereocenters. The topological polar surface area (TPSA) is 47.3 Å². The highest BCUT2D eigenvalue weighted by Crippen LogP contribution is 2.32. The Hall–Kier alpha value is -2.84. The molecule has 146 valence electrons. The summed E-state index contributed by atoms with van der Waals surface area (Å²) in [4.78, 5) is 13.1. The van der Waals surface area contributed by atoms with Crippen LogP contribution in [0.1, 0.15) is 30.4 Å². The van der Waals surface area contributed by atoms with Gasteiger partial charge in [-0.15, -0.1) is 0 Å². The number of aryl methyl sites for hydroxylation is 1. The number of fused-ring (bicyclic) bond motifs is 1. The van der Waals surface area contributed by atoms with Crippen molar-refractivity contribution >= 4 is 38.3 Å². The molecule has 1 aliphatic heterocycles. The normalized spacial score (nSPS) is 14.1. The van der Waals surface area contributed by atoms with Gasteiger partial charge in [0.2, 0.25) is 5.91 Å². The highest BCUT2D eigenvalue weighted by molar-refractivity contribution is 9.10. The summed E-state index contributed by atoms with van der Waals surface area (Å²) in [7, 11) is 0. The smallest absolute Gasteiger partial charge is 0.241 e. The monoisotopic (exact) mass is 447 g/mol. The first-order valence-electron chi connectivity index (χ1n) is 9.91. The van der Waals surface area contributed by atoms with Crippen molar-refractivity contribution in [3.63, 3.8) is 0 Å². The van der Waals surface area contributed by atoms with Crippen molar-refractivity contribution in [2.45, 2.75) is 25.7 Å². The van der Waals surface area contributed by atoms with Crippen molar-refractivity contribution in [2.75, 3.05) is 18.1 Å². The molecule has 4 nitrogen and oxygen atoms in total. The van der Waals surface area contributed by atoms with Crippen molar-refractivity contribution in [3.8, 4) is 6.07 Å². The lowest BCUT2D eigenvalue weighted by molar-refractivity contribution is -0.132. The van der Waals surface area contributed by atoms with Crippen LogP contribution < -0.4 is 5.01 Å². The van der Waals surface area contributed by atoms with E-state index in [1.807, 2.05) is 53.5 Å². The first kappa shape index (κ1) is 19.5. The number of hydrazine groups is 1. The Kier molecular flexibility index (Phi) is 5.82. The zero-order valence-electron chi connectivity index (χ0n) is 16.1. The number of rotatable bonds is 4. The number of hydrogen-bond donors (Lipinski definition) is 0. The minimum absolute atomic E-state index is 0.140. The lowest BCUT2D eigenvalue weighted by Crippen LogP contribution is -2.50. The van der Waals surface area contributed by atoms with E-state index in [9.17, 15) is 10.1 Å². The van der Waals surface area contributed by atoms with Crippen molar-refractivity contribution in [1.29, 1.82) is 5.26 Å². The fourth-order valence-corrected chi connectivity index (χ4v) is 4.18. The maximum absolute atomic E-state index is 13.1. The molecule has 3 aromatic carbocycles. The van der Waals surface area contributed by atoms with Gasteiger partial charge in [0.15, 0.2) is 0 Å². The summed E-state index contributed by atoms with van der Waals surface area (Å²) >= 11 is 3.45. The predicted octanol–water partition coefficient (Wildman–Crippen LogP) is 5.45. The molecule has 0 N–H and O–H groups in total. The van der Waals surface area contributed by atoms with Gasteiger partial charge in [-0.25, -0.2) is 0 Å². The minimum Gasteiger partial charge on any atom is -0.282 e. The molecule has 1 fully saturated rings. The van der Waals surface area contributed by atoms with Crippen molar-refractivity contribution in [2.24, 2.45) is 0 Å². The molecule has 5 heteroatoms. The van der Waals surface area contributed by atoms with Gasteiger partial charge in [0.25, 0.3) is 0 Å². The lowest BCUT2D eigenvalue weighted by atomic mass is 10.0. The molecule has 0 aliphatic carbocycles. The van der Waals surface area contributed by atoms with Crippen molar-refractivity contribution in [3.05, 3.63) is 76.3 Å². The summed E-state index contributed by atoms with van der Waals surface area (Å²) in [6, 6.07) is 22.2. The van der Waals surface area contributed by atoms with Gasteiger partial charge in [-0.3, -0.25) is 14.8 Å². The van der Waals surface area contributed by atoms with E-state index in [-0.39, 0.29) is 5.91 Å². The quantitative estimate of drug-likeness (QED) is 0.533. The molecule has 0 atom stereocenters. The van der Waals surface area contributed by atoms with Crippen LogP contribution in [0.5, 0.6) is 0 Å². The van der Waals surface area contributed by atoms with Gasteiger partial charge in [0.05, 0.1) is 17.3 Å². The number of nitrogens with zero attached hydrogens (tertiary/aromatic N) is 3. The van der Waals surface area contributed by atoms with E-state index in [0.29, 0.717) is 12.0 Å². The molecule has 29 heavy (non-hydrogen) atoms. The highest BCUT2D eigenvalue weighted by Gasteiger charge is 2.26. The fraction of sp³-hybridized carbons (Fsp3) is 0.250. The van der Waals surface area contributed by atoms with Gasteiger partial charge < -0.3 is 0 Å². The average molecular weight is 448 g/mol. The summed E-state index contributed by atoms with van der Waals surface area (Å²) in [6.07, 6.45) is 3.26. The van der Waals surface area contributed by atoms with Crippen LogP contribution in [0.2, 0.25) is 0 Å². The summed E-state index contributed by atoms with van der Waals surface area (Å²) < 4.78 is 1.04. The second-order valence-corrected chi connectivity index (χ2v) is 8.18. The summed E-state index contributed by atoms with van der Waals surface area (Å²) in [6.45, 7) is 1.54. The van der Waals surface area contributed by atoms with Crippen LogP contribution in [-0.4, -0.2) is 24.0 Å². The van der Waals surface area contributed by atoms with E-state index in [4.69, 9.17) is 0 Å². The molecular weight excluding hydrogens is 426 g/mol. The first-order valence-corrected chi connectivity index (χ1v) is 10.7. The van der Waals surface area contributed by atoms with E-state index in [2.05, 4.69) is 39.1 Å². The Balaban J connectivity index is 1.59. The first-order chi connectivity index (χ1) is 14.2. The Morgan fingerprint density at radius 3 is 2.45 bits per heavy atom. The number of hydrogen-bond acceptors (Lipinski definition) is 3. The van der Waals surface area contributed by atoms with Crippen LogP contribution in [0.3, 0.4) is 0 Å². The highest BCUT2D eigenvalue weighted by atomic mass is 79.9. The van der Waals surface area contributed by atoms with Gasteiger partial charge in [0.1, 0.15) is 0 Å². The molecule has 1 saturated heterocycles. The van der Waals surface area contributed by atoms with E-state index < -0.39 is 0 Å². The summed E-state index contributed by atoms with van der Waals surface area (Å²) in [5.74, 6) is 0.140. The third kappa shape index (κ3) is 4.13. The molecule has 1 amide bonds. The standard InChI is InChI=1S/C24H22BrN3O/c25-20-11-7-18(8-12-20)9-14-24(29)28-16-4-3-15-27(28)23-13-10-19(17-26)21-5-1-2-6-22(21)23/h1-2,5-8,10-13H,3-4,9,14-16H2. The van der Waals surface area contributed by atoms with E-state index in [1.165, 1.54) is 0 Å². The van der Waals surface area contributed by atoms with Crippen LogP contribution in [0, 0.1) is 11.3 Å². The molecule has 0 radical (unpaired) electrons. The Morgan fingerprint density at radius 1 is 0.966 bits per heavy atom. The zero-order valence-corrected chi connectivity index (χ0v) is 17.7. The molecule has 0 spiro atoms. The predicted molar refractivity (Wildman–Crippen MR) is 119 cm³/mol. The van der Waals surface area contributed by atoms with Crippen LogP contribution in [0.15, 0.2) is 65.1 Å². The Morgan fingerprint density at radius 2 is 1.69 bits per heavy atom. The van der Waals surface area contributed by atoms with Gasteiger partial charge in [-0.2, -0.15) is 5.26 Å². The number of amides is 1. The maximum Gasteiger partial charge on any atom is 0.241 e. The molecule has 0 saturated carbocycles. The third-order valence-corrected chi connectivity index (χ3v) is 5.94. The fourth-order valence-electron chi connectivity index (χ4n) is 3.91. The SMILES string of the molecule is N#Cc1ccc(N2CCCCN2C(=O)CCc2ccc(Br)cc2)c2ccccc12. The number of nitriles is 1. The second-order valence-electron chi connectivity index (χ2n) is 7.26. The number of carbonyl (C=O) groups excluding carboxylic acids is 1. The van der Waals surface area contributed by atoms with Gasteiger partial charge in [-0.05, 0) is 49.1 Å². The van der Waals surface area contributed by atoms with Crippen LogP contribution in [0.25, 0.3) is 10.8 Å². The largest absolute Gasteiger partial charge is 0.282 e. The average Bonchev–Trinajstić information content (AvgIpc) is 2.78. The van der Waals surface area contributed by atoms with Crippen molar-refractivity contribution < 1.29 is 4.79 Å². The number of anilines is 1. The van der Waals surface area contributed by atoms with Crippen molar-refractivity contribution in [1.82, 2.24) is 5.01 Å². The molecular formula is C24H22BrN3O. The van der Waals surface area contributed by atoms with Gasteiger partial charge >= 0.3 is 0 Å². The molecule has 3 aromatic rings.